The van der Waals surface area contributed by atoms with E-state index >= 15 is 0 Å². The predicted molar refractivity (Wildman–Crippen MR) is 140 cm³/mol. The first kappa shape index (κ1) is 24.2. The Morgan fingerprint density at radius 3 is 2.40 bits per heavy atom. The van der Waals surface area contributed by atoms with Crippen molar-refractivity contribution in [3.63, 3.8) is 0 Å². The number of ether oxygens (including phenoxy) is 2. The molecule has 3 aromatic carbocycles. The third kappa shape index (κ3) is 6.80. The minimum absolute atomic E-state index is 0.145. The summed E-state index contributed by atoms with van der Waals surface area (Å²) in [5, 5.41) is 8.90. The van der Waals surface area contributed by atoms with E-state index in [9.17, 15) is 4.79 Å². The van der Waals surface area contributed by atoms with Crippen molar-refractivity contribution in [3.8, 4) is 28.4 Å². The molecule has 178 valence electrons. The summed E-state index contributed by atoms with van der Waals surface area (Å²) in [4.78, 5) is 12.2. The molecule has 8 heteroatoms. The summed E-state index contributed by atoms with van der Waals surface area (Å²) in [5.74, 6) is 1.05. The maximum atomic E-state index is 12.2. The number of benzene rings is 3. The fourth-order valence-corrected chi connectivity index (χ4v) is 3.50. The lowest BCUT2D eigenvalue weighted by Gasteiger charge is -2.06. The summed E-state index contributed by atoms with van der Waals surface area (Å²) >= 11 is 3.37. The highest BCUT2D eigenvalue weighted by molar-refractivity contribution is 9.10. The fraction of sp³-hybridized carbons (Fsp3) is 0.148. The normalized spacial score (nSPS) is 10.9. The molecule has 0 bridgehead atoms. The Labute approximate surface area is 212 Å². The van der Waals surface area contributed by atoms with Crippen LogP contribution in [0.3, 0.4) is 0 Å². The van der Waals surface area contributed by atoms with Gasteiger partial charge >= 0.3 is 0 Å². The zero-order valence-electron chi connectivity index (χ0n) is 19.2. The van der Waals surface area contributed by atoms with E-state index in [0.717, 1.165) is 39.2 Å². The van der Waals surface area contributed by atoms with Crippen molar-refractivity contribution in [2.24, 2.45) is 5.10 Å². The Morgan fingerprint density at radius 1 is 1.00 bits per heavy atom. The summed E-state index contributed by atoms with van der Waals surface area (Å²) in [5.41, 5.74) is 5.83. The highest BCUT2D eigenvalue weighted by atomic mass is 79.9. The van der Waals surface area contributed by atoms with Crippen molar-refractivity contribution in [2.45, 2.75) is 13.3 Å². The number of nitrogens with one attached hydrogen (secondary N) is 1. The van der Waals surface area contributed by atoms with Crippen LogP contribution in [0.25, 0.3) is 16.9 Å². The predicted octanol–water partition coefficient (Wildman–Crippen LogP) is 5.62. The fourth-order valence-electron chi connectivity index (χ4n) is 3.23. The number of halogens is 1. The zero-order chi connectivity index (χ0) is 24.5. The number of hydrogen-bond donors (Lipinski definition) is 1. The summed E-state index contributed by atoms with van der Waals surface area (Å²) in [6, 6.07) is 24.8. The molecule has 0 fully saturated rings. The number of rotatable bonds is 10. The molecule has 0 aliphatic rings. The summed E-state index contributed by atoms with van der Waals surface area (Å²) < 4.78 is 13.9. The van der Waals surface area contributed by atoms with Crippen LogP contribution >= 0.6 is 15.9 Å². The molecule has 1 N–H and O–H groups in total. The van der Waals surface area contributed by atoms with E-state index in [1.807, 2.05) is 72.9 Å². The first-order chi connectivity index (χ1) is 17.1. The SMILES string of the molecule is CCCOc1ccc(-c2nn(-c3ccccc3)cc2/C=N\NC(=O)COc2ccc(Br)cc2)cc1. The van der Waals surface area contributed by atoms with Crippen molar-refractivity contribution >= 4 is 28.1 Å². The molecule has 4 aromatic rings. The number of aromatic nitrogens is 2. The minimum Gasteiger partial charge on any atom is -0.494 e. The van der Waals surface area contributed by atoms with Crippen LogP contribution in [0.5, 0.6) is 11.5 Å². The second kappa shape index (κ2) is 12.0. The van der Waals surface area contributed by atoms with Gasteiger partial charge in [0.15, 0.2) is 6.61 Å². The minimum atomic E-state index is -0.362. The molecule has 0 radical (unpaired) electrons. The van der Waals surface area contributed by atoms with Crippen LogP contribution in [-0.4, -0.2) is 35.1 Å². The van der Waals surface area contributed by atoms with Crippen LogP contribution in [-0.2, 0) is 4.79 Å². The topological polar surface area (TPSA) is 77.7 Å². The van der Waals surface area contributed by atoms with Crippen LogP contribution in [0.15, 0.2) is 94.6 Å². The Hall–Kier alpha value is -3.91. The van der Waals surface area contributed by atoms with E-state index in [-0.39, 0.29) is 12.5 Å². The number of amides is 1. The lowest BCUT2D eigenvalue weighted by atomic mass is 10.1. The molecule has 1 aromatic heterocycles. The van der Waals surface area contributed by atoms with Crippen molar-refractivity contribution in [1.82, 2.24) is 15.2 Å². The van der Waals surface area contributed by atoms with Gasteiger partial charge in [-0.2, -0.15) is 10.2 Å². The zero-order valence-corrected chi connectivity index (χ0v) is 20.8. The molecule has 0 unspecified atom stereocenters. The number of carbonyl (C=O) groups excluding carboxylic acids is 1. The van der Waals surface area contributed by atoms with Crippen LogP contribution in [0.4, 0.5) is 0 Å². The Balaban J connectivity index is 1.49. The molecule has 1 amide bonds. The standard InChI is InChI=1S/C27H25BrN4O3/c1-2-16-34-24-12-8-20(9-13-24)27-21(18-32(31-27)23-6-4-3-5-7-23)17-29-30-26(33)19-35-25-14-10-22(28)11-15-25/h3-15,17-18H,2,16,19H2,1H3,(H,30,33)/b29-17-. The molecule has 0 aliphatic heterocycles. The van der Waals surface area contributed by atoms with Crippen LogP contribution in [0.2, 0.25) is 0 Å². The second-order valence-electron chi connectivity index (χ2n) is 7.62. The van der Waals surface area contributed by atoms with E-state index in [0.29, 0.717) is 12.4 Å². The van der Waals surface area contributed by atoms with Gasteiger partial charge in [-0.3, -0.25) is 4.79 Å². The van der Waals surface area contributed by atoms with E-state index in [2.05, 4.69) is 33.4 Å². The molecule has 0 atom stereocenters. The second-order valence-corrected chi connectivity index (χ2v) is 8.54. The van der Waals surface area contributed by atoms with Gasteiger partial charge < -0.3 is 9.47 Å². The quantitative estimate of drug-likeness (QED) is 0.212. The van der Waals surface area contributed by atoms with Crippen LogP contribution in [0.1, 0.15) is 18.9 Å². The van der Waals surface area contributed by atoms with Gasteiger partial charge in [-0.1, -0.05) is 41.1 Å². The van der Waals surface area contributed by atoms with Gasteiger partial charge in [-0.05, 0) is 67.1 Å². The molecular formula is C27H25BrN4O3. The van der Waals surface area contributed by atoms with Crippen molar-refractivity contribution in [3.05, 3.63) is 95.1 Å². The lowest BCUT2D eigenvalue weighted by Crippen LogP contribution is -2.24. The first-order valence-corrected chi connectivity index (χ1v) is 12.0. The summed E-state index contributed by atoms with van der Waals surface area (Å²) in [6.07, 6.45) is 4.41. The monoisotopic (exact) mass is 532 g/mol. The molecule has 0 spiro atoms. The number of para-hydroxylation sites is 1. The van der Waals surface area contributed by atoms with Crippen molar-refractivity contribution < 1.29 is 14.3 Å². The number of hydrazone groups is 1. The van der Waals surface area contributed by atoms with Gasteiger partial charge in [0, 0.05) is 21.8 Å². The molecule has 1 heterocycles. The Kier molecular flexibility index (Phi) is 8.30. The van der Waals surface area contributed by atoms with Gasteiger partial charge in [0.05, 0.1) is 18.5 Å². The summed E-state index contributed by atoms with van der Waals surface area (Å²) in [6.45, 7) is 2.60. The van der Waals surface area contributed by atoms with Gasteiger partial charge in [0.25, 0.3) is 5.91 Å². The average molecular weight is 533 g/mol. The Morgan fingerprint density at radius 2 is 1.69 bits per heavy atom. The molecule has 0 aliphatic carbocycles. The molecular weight excluding hydrogens is 508 g/mol. The van der Waals surface area contributed by atoms with Gasteiger partial charge in [-0.15, -0.1) is 0 Å². The molecule has 0 saturated heterocycles. The summed E-state index contributed by atoms with van der Waals surface area (Å²) in [7, 11) is 0. The maximum absolute atomic E-state index is 12.2. The molecule has 7 nitrogen and oxygen atoms in total. The van der Waals surface area contributed by atoms with Crippen LogP contribution < -0.4 is 14.9 Å². The highest BCUT2D eigenvalue weighted by Gasteiger charge is 2.12. The Bertz CT molecular complexity index is 1270. The van der Waals surface area contributed by atoms with E-state index < -0.39 is 0 Å². The van der Waals surface area contributed by atoms with Gasteiger partial charge in [-0.25, -0.2) is 10.1 Å². The van der Waals surface area contributed by atoms with E-state index in [1.54, 1.807) is 23.0 Å². The first-order valence-electron chi connectivity index (χ1n) is 11.2. The molecule has 35 heavy (non-hydrogen) atoms. The average Bonchev–Trinajstić information content (AvgIpc) is 3.32. The third-order valence-electron chi connectivity index (χ3n) is 4.94. The highest BCUT2D eigenvalue weighted by Crippen LogP contribution is 2.25. The largest absolute Gasteiger partial charge is 0.494 e. The maximum Gasteiger partial charge on any atom is 0.277 e. The number of nitrogens with zero attached hydrogens (tertiary/aromatic N) is 3. The molecule has 0 saturated carbocycles. The number of carbonyl (C=O) groups is 1. The molecule has 4 rings (SSSR count). The van der Waals surface area contributed by atoms with E-state index in [4.69, 9.17) is 14.6 Å². The lowest BCUT2D eigenvalue weighted by molar-refractivity contribution is -0.123. The van der Waals surface area contributed by atoms with Crippen molar-refractivity contribution in [1.29, 1.82) is 0 Å². The van der Waals surface area contributed by atoms with E-state index in [1.165, 1.54) is 0 Å². The van der Waals surface area contributed by atoms with Crippen molar-refractivity contribution in [2.75, 3.05) is 13.2 Å². The van der Waals surface area contributed by atoms with Gasteiger partial charge in [0.2, 0.25) is 0 Å². The van der Waals surface area contributed by atoms with Gasteiger partial charge in [0.1, 0.15) is 17.2 Å². The smallest absolute Gasteiger partial charge is 0.277 e. The van der Waals surface area contributed by atoms with Crippen LogP contribution in [0, 0.1) is 0 Å². The third-order valence-corrected chi connectivity index (χ3v) is 5.47. The number of hydrogen-bond acceptors (Lipinski definition) is 5.